The normalized spacial score (nSPS) is 16.7. The van der Waals surface area contributed by atoms with Crippen LogP contribution < -0.4 is 4.90 Å². The van der Waals surface area contributed by atoms with Gasteiger partial charge in [-0.05, 0) is 61.9 Å². The Morgan fingerprint density at radius 3 is 2.81 bits per heavy atom. The molecule has 2 aromatic rings. The Hall–Kier alpha value is -2.18. The van der Waals surface area contributed by atoms with Crippen molar-refractivity contribution >= 4 is 5.97 Å². The Bertz CT molecular complexity index is 817. The summed E-state index contributed by atoms with van der Waals surface area (Å²) < 4.78 is 21.0. The molecule has 0 amide bonds. The predicted octanol–water partition coefficient (Wildman–Crippen LogP) is 3.10. The fraction of sp³-hybridized carbons (Fsp3) is 0.560. The molecule has 1 aliphatic carbocycles. The number of aromatic nitrogens is 1. The molecule has 1 fully saturated rings. The van der Waals surface area contributed by atoms with Crippen molar-refractivity contribution in [1.29, 1.82) is 0 Å². The number of aliphatic hydroxyl groups excluding tert-OH is 1. The maximum absolute atomic E-state index is 13.6. The first-order valence-corrected chi connectivity index (χ1v) is 11.6. The summed E-state index contributed by atoms with van der Waals surface area (Å²) in [4.78, 5) is 13.0. The molecule has 0 spiro atoms. The number of hydrogen-bond acceptors (Lipinski definition) is 3. The monoisotopic (exact) mass is 431 g/mol. The minimum Gasteiger partial charge on any atom is -0.463 e. The summed E-state index contributed by atoms with van der Waals surface area (Å²) in [6.07, 6.45) is 8.52. The van der Waals surface area contributed by atoms with Gasteiger partial charge in [-0.1, -0.05) is 25.5 Å². The molecule has 1 aliphatic rings. The van der Waals surface area contributed by atoms with Crippen LogP contribution in [0.3, 0.4) is 0 Å². The van der Waals surface area contributed by atoms with E-state index in [1.165, 1.54) is 35.9 Å². The molecular weight excluding hydrogens is 395 g/mol. The fourth-order valence-corrected chi connectivity index (χ4v) is 4.55. The van der Waals surface area contributed by atoms with Crippen LogP contribution in [0, 0.1) is 5.82 Å². The van der Waals surface area contributed by atoms with Crippen LogP contribution in [0.25, 0.3) is 0 Å². The molecule has 0 bridgehead atoms. The molecular formula is C25H36FN2O3+. The standard InChI is InChI=1S/C25H35FN2O3/c1-2-8-25(30)31-19-24(29)18-28(22-11-4-3-5-12-22)17-23-13-7-14-27(23)16-20-9-6-10-21(26)15-20/h6-7,9-10,13-15,22,24,29H,2-5,8,11-12,16-19H2,1H3/p+1/t24-/m0/s1. The van der Waals surface area contributed by atoms with E-state index in [0.717, 1.165) is 31.4 Å². The zero-order valence-corrected chi connectivity index (χ0v) is 18.6. The molecule has 1 heterocycles. The van der Waals surface area contributed by atoms with E-state index in [-0.39, 0.29) is 18.4 Å². The van der Waals surface area contributed by atoms with Crippen LogP contribution in [0.2, 0.25) is 0 Å². The number of benzene rings is 1. The number of nitrogens with zero attached hydrogens (tertiary/aromatic N) is 1. The number of carbonyl (C=O) groups excluding carboxylic acids is 1. The first kappa shape index (κ1) is 23.5. The van der Waals surface area contributed by atoms with E-state index in [0.29, 0.717) is 25.6 Å². The van der Waals surface area contributed by atoms with Crippen molar-refractivity contribution in [3.63, 3.8) is 0 Å². The van der Waals surface area contributed by atoms with Gasteiger partial charge >= 0.3 is 5.97 Å². The van der Waals surface area contributed by atoms with Crippen LogP contribution in [0.15, 0.2) is 42.6 Å². The summed E-state index contributed by atoms with van der Waals surface area (Å²) in [6.45, 7) is 3.95. The van der Waals surface area contributed by atoms with E-state index in [1.807, 2.05) is 25.3 Å². The third-order valence-corrected chi connectivity index (χ3v) is 6.14. The van der Waals surface area contributed by atoms with Gasteiger partial charge < -0.3 is 19.3 Å². The lowest BCUT2D eigenvalue weighted by molar-refractivity contribution is -0.943. The zero-order valence-electron chi connectivity index (χ0n) is 18.6. The van der Waals surface area contributed by atoms with Crippen molar-refractivity contribution in [3.05, 3.63) is 59.7 Å². The van der Waals surface area contributed by atoms with Gasteiger partial charge in [0.05, 0.1) is 11.7 Å². The molecule has 1 saturated carbocycles. The summed E-state index contributed by atoms with van der Waals surface area (Å²) in [7, 11) is 0. The first-order valence-electron chi connectivity index (χ1n) is 11.6. The average molecular weight is 432 g/mol. The maximum Gasteiger partial charge on any atom is 0.305 e. The SMILES string of the molecule is CCCC(=O)OC[C@@H](O)C[NH+](Cc1cccn1Cc1cccc(F)c1)C1CCCCC1. The Kier molecular flexibility index (Phi) is 9.10. The number of halogens is 1. The summed E-state index contributed by atoms with van der Waals surface area (Å²) >= 11 is 0. The number of carbonyl (C=O) groups is 1. The van der Waals surface area contributed by atoms with Gasteiger partial charge in [0.2, 0.25) is 0 Å². The molecule has 2 atom stereocenters. The number of aliphatic hydroxyl groups is 1. The molecule has 1 aromatic carbocycles. The fourth-order valence-electron chi connectivity index (χ4n) is 4.55. The Balaban J connectivity index is 1.66. The Morgan fingerprint density at radius 1 is 1.26 bits per heavy atom. The zero-order chi connectivity index (χ0) is 22.1. The number of nitrogens with one attached hydrogen (secondary N) is 1. The van der Waals surface area contributed by atoms with E-state index in [9.17, 15) is 14.3 Å². The Morgan fingerprint density at radius 2 is 2.06 bits per heavy atom. The van der Waals surface area contributed by atoms with Crippen molar-refractivity contribution in [1.82, 2.24) is 4.57 Å². The molecule has 170 valence electrons. The highest BCUT2D eigenvalue weighted by Crippen LogP contribution is 2.16. The number of quaternary nitrogens is 1. The lowest BCUT2D eigenvalue weighted by atomic mass is 9.94. The van der Waals surface area contributed by atoms with Gasteiger partial charge in [0.1, 0.15) is 31.6 Å². The lowest BCUT2D eigenvalue weighted by Crippen LogP contribution is -3.15. The topological polar surface area (TPSA) is 55.9 Å². The Labute approximate surface area is 184 Å². The maximum atomic E-state index is 13.6. The summed E-state index contributed by atoms with van der Waals surface area (Å²) in [5, 5.41) is 10.6. The second kappa shape index (κ2) is 12.0. The van der Waals surface area contributed by atoms with E-state index >= 15 is 0 Å². The molecule has 1 aromatic heterocycles. The van der Waals surface area contributed by atoms with E-state index < -0.39 is 6.10 Å². The molecule has 5 nitrogen and oxygen atoms in total. The van der Waals surface area contributed by atoms with Crippen molar-refractivity contribution in [2.45, 2.75) is 77.1 Å². The lowest BCUT2D eigenvalue weighted by Gasteiger charge is -2.33. The highest BCUT2D eigenvalue weighted by Gasteiger charge is 2.28. The largest absolute Gasteiger partial charge is 0.463 e. The number of hydrogen-bond donors (Lipinski definition) is 2. The molecule has 0 saturated heterocycles. The first-order chi connectivity index (χ1) is 15.0. The highest BCUT2D eigenvalue weighted by atomic mass is 19.1. The van der Waals surface area contributed by atoms with Gasteiger partial charge in [0, 0.05) is 19.2 Å². The predicted molar refractivity (Wildman–Crippen MR) is 118 cm³/mol. The van der Waals surface area contributed by atoms with Crippen LogP contribution in [0.1, 0.15) is 63.1 Å². The molecule has 3 rings (SSSR count). The third kappa shape index (κ3) is 7.47. The minimum atomic E-state index is -0.677. The van der Waals surface area contributed by atoms with Gasteiger partial charge in [0.25, 0.3) is 0 Å². The van der Waals surface area contributed by atoms with Crippen LogP contribution >= 0.6 is 0 Å². The van der Waals surface area contributed by atoms with Crippen molar-refractivity contribution in [3.8, 4) is 0 Å². The van der Waals surface area contributed by atoms with Crippen molar-refractivity contribution in [2.75, 3.05) is 13.2 Å². The molecule has 6 heteroatoms. The van der Waals surface area contributed by atoms with Crippen LogP contribution in [0.5, 0.6) is 0 Å². The molecule has 0 radical (unpaired) electrons. The van der Waals surface area contributed by atoms with Crippen LogP contribution in [-0.4, -0.2) is 40.9 Å². The molecule has 31 heavy (non-hydrogen) atoms. The van der Waals surface area contributed by atoms with E-state index in [4.69, 9.17) is 4.74 Å². The second-order valence-electron chi connectivity index (χ2n) is 8.72. The van der Waals surface area contributed by atoms with Gasteiger partial charge in [-0.15, -0.1) is 0 Å². The van der Waals surface area contributed by atoms with Crippen LogP contribution in [0.4, 0.5) is 4.39 Å². The van der Waals surface area contributed by atoms with Gasteiger partial charge in [-0.25, -0.2) is 4.39 Å². The summed E-state index contributed by atoms with van der Waals surface area (Å²) in [5.74, 6) is -0.467. The number of ether oxygens (including phenoxy) is 1. The minimum absolute atomic E-state index is 0.0549. The van der Waals surface area contributed by atoms with Crippen molar-refractivity contribution < 1.29 is 23.9 Å². The number of esters is 1. The highest BCUT2D eigenvalue weighted by molar-refractivity contribution is 5.69. The van der Waals surface area contributed by atoms with Crippen LogP contribution in [-0.2, 0) is 22.6 Å². The van der Waals surface area contributed by atoms with E-state index in [1.54, 1.807) is 12.1 Å². The van der Waals surface area contributed by atoms with E-state index in [2.05, 4.69) is 10.6 Å². The van der Waals surface area contributed by atoms with Crippen molar-refractivity contribution in [2.24, 2.45) is 0 Å². The summed E-state index contributed by atoms with van der Waals surface area (Å²) in [5.41, 5.74) is 2.10. The van der Waals surface area contributed by atoms with Gasteiger partial charge in [0.15, 0.2) is 0 Å². The smallest absolute Gasteiger partial charge is 0.305 e. The summed E-state index contributed by atoms with van der Waals surface area (Å²) in [6, 6.07) is 11.3. The third-order valence-electron chi connectivity index (χ3n) is 6.14. The van der Waals surface area contributed by atoms with Gasteiger partial charge in [-0.3, -0.25) is 4.79 Å². The second-order valence-corrected chi connectivity index (χ2v) is 8.72. The number of rotatable bonds is 11. The molecule has 1 unspecified atom stereocenters. The average Bonchev–Trinajstić information content (AvgIpc) is 3.19. The molecule has 0 aliphatic heterocycles. The quantitative estimate of drug-likeness (QED) is 0.538. The molecule has 2 N–H and O–H groups in total. The van der Waals surface area contributed by atoms with Gasteiger partial charge in [-0.2, -0.15) is 0 Å².